The molecule has 0 spiro atoms. The number of halogens is 1. The Bertz CT molecular complexity index is 633. The molecule has 0 unspecified atom stereocenters. The van der Waals surface area contributed by atoms with Crippen LogP contribution in [-0.2, 0) is 9.53 Å². The number of guanidine groups is 1. The molecule has 0 aromatic heterocycles. The summed E-state index contributed by atoms with van der Waals surface area (Å²) in [6.07, 6.45) is 1.02. The summed E-state index contributed by atoms with van der Waals surface area (Å²) >= 11 is 3.42. The largest absolute Gasteiger partial charge is 0.379 e. The van der Waals surface area contributed by atoms with Gasteiger partial charge in [0.2, 0.25) is 5.91 Å². The van der Waals surface area contributed by atoms with Crippen LogP contribution in [0.2, 0.25) is 0 Å². The molecule has 1 aliphatic rings. The van der Waals surface area contributed by atoms with E-state index in [0.29, 0.717) is 5.96 Å². The topological polar surface area (TPSA) is 78.0 Å². The van der Waals surface area contributed by atoms with Crippen molar-refractivity contribution in [2.45, 2.75) is 20.3 Å². The smallest absolute Gasteiger partial charge is 0.246 e. The number of hydrogen-bond donors (Lipinski definition) is 3. The fraction of sp³-hybridized carbons (Fsp3) is 0.579. The normalized spacial score (nSPS) is 15.4. The Morgan fingerprint density at radius 2 is 2.07 bits per heavy atom. The molecular formula is C19H30BrN5O2. The van der Waals surface area contributed by atoms with Crippen molar-refractivity contribution >= 4 is 33.5 Å². The number of nitrogens with zero attached hydrogens (tertiary/aromatic N) is 2. The van der Waals surface area contributed by atoms with Gasteiger partial charge in [0.05, 0.1) is 13.2 Å². The summed E-state index contributed by atoms with van der Waals surface area (Å²) in [5.74, 6) is 0.530. The van der Waals surface area contributed by atoms with Gasteiger partial charge < -0.3 is 20.7 Å². The van der Waals surface area contributed by atoms with Crippen LogP contribution < -0.4 is 16.0 Å². The molecule has 0 radical (unpaired) electrons. The molecule has 1 fully saturated rings. The molecule has 0 bridgehead atoms. The van der Waals surface area contributed by atoms with Crippen molar-refractivity contribution in [3.63, 3.8) is 0 Å². The average molecular weight is 440 g/mol. The molecule has 0 atom stereocenters. The zero-order valence-electron chi connectivity index (χ0n) is 16.2. The highest BCUT2D eigenvalue weighted by atomic mass is 79.9. The second-order valence-corrected chi connectivity index (χ2v) is 7.35. The third kappa shape index (κ3) is 8.28. The first-order chi connectivity index (χ1) is 13.1. The minimum absolute atomic E-state index is 0.0742. The standard InChI is InChI=1S/C19H30BrN5O2/c1-3-21-19(22-7-4-8-25-9-11-27-12-10-25)23-14-18(26)24-17-13-16(20)6-5-15(17)2/h5-6,13H,3-4,7-12,14H2,1-2H3,(H,24,26)(H2,21,22,23). The van der Waals surface area contributed by atoms with Crippen LogP contribution in [0.25, 0.3) is 0 Å². The predicted octanol–water partition coefficient (Wildman–Crippen LogP) is 1.97. The maximum atomic E-state index is 12.2. The van der Waals surface area contributed by atoms with Crippen LogP contribution in [0.1, 0.15) is 18.9 Å². The van der Waals surface area contributed by atoms with Crippen LogP contribution in [0.3, 0.4) is 0 Å². The van der Waals surface area contributed by atoms with Gasteiger partial charge in [-0.25, -0.2) is 4.99 Å². The lowest BCUT2D eigenvalue weighted by molar-refractivity contribution is -0.114. The fourth-order valence-electron chi connectivity index (χ4n) is 2.75. The molecule has 1 amide bonds. The molecule has 3 N–H and O–H groups in total. The SMILES string of the molecule is CCNC(=NCC(=O)Nc1cc(Br)ccc1C)NCCCN1CCOCC1. The van der Waals surface area contributed by atoms with Crippen molar-refractivity contribution in [1.82, 2.24) is 15.5 Å². The highest BCUT2D eigenvalue weighted by Crippen LogP contribution is 2.20. The molecule has 150 valence electrons. The van der Waals surface area contributed by atoms with Crippen molar-refractivity contribution in [2.75, 3.05) is 57.8 Å². The van der Waals surface area contributed by atoms with Gasteiger partial charge in [-0.05, 0) is 44.5 Å². The highest BCUT2D eigenvalue weighted by Gasteiger charge is 2.09. The third-order valence-electron chi connectivity index (χ3n) is 4.25. The Morgan fingerprint density at radius 1 is 1.30 bits per heavy atom. The maximum absolute atomic E-state index is 12.2. The lowest BCUT2D eigenvalue weighted by Crippen LogP contribution is -2.41. The molecule has 1 saturated heterocycles. The van der Waals surface area contributed by atoms with E-state index in [1.54, 1.807) is 0 Å². The summed E-state index contributed by atoms with van der Waals surface area (Å²) in [6.45, 7) is 10.3. The Kier molecular flexibility index (Phi) is 9.58. The molecule has 7 nitrogen and oxygen atoms in total. The number of benzene rings is 1. The first-order valence-corrected chi connectivity index (χ1v) is 10.3. The van der Waals surface area contributed by atoms with Gasteiger partial charge in [0.1, 0.15) is 6.54 Å². The Labute approximate surface area is 170 Å². The fourth-order valence-corrected chi connectivity index (χ4v) is 3.11. The second-order valence-electron chi connectivity index (χ2n) is 6.44. The number of rotatable bonds is 8. The van der Waals surface area contributed by atoms with Gasteiger partial charge in [0.25, 0.3) is 0 Å². The lowest BCUT2D eigenvalue weighted by atomic mass is 10.2. The van der Waals surface area contributed by atoms with Gasteiger partial charge in [-0.15, -0.1) is 0 Å². The van der Waals surface area contributed by atoms with Crippen molar-refractivity contribution in [3.05, 3.63) is 28.2 Å². The number of morpholine rings is 1. The lowest BCUT2D eigenvalue weighted by Gasteiger charge is -2.26. The van der Waals surface area contributed by atoms with Crippen molar-refractivity contribution in [2.24, 2.45) is 4.99 Å². The summed E-state index contributed by atoms with van der Waals surface area (Å²) < 4.78 is 6.29. The highest BCUT2D eigenvalue weighted by molar-refractivity contribution is 9.10. The molecule has 1 aromatic carbocycles. The van der Waals surface area contributed by atoms with Crippen LogP contribution in [0.15, 0.2) is 27.7 Å². The van der Waals surface area contributed by atoms with Crippen LogP contribution in [0, 0.1) is 6.92 Å². The van der Waals surface area contributed by atoms with E-state index < -0.39 is 0 Å². The first kappa shape index (κ1) is 21.7. The minimum Gasteiger partial charge on any atom is -0.379 e. The van der Waals surface area contributed by atoms with Gasteiger partial charge in [0, 0.05) is 36.3 Å². The molecule has 8 heteroatoms. The Balaban J connectivity index is 1.75. The zero-order valence-corrected chi connectivity index (χ0v) is 17.8. The van der Waals surface area contributed by atoms with Gasteiger partial charge in [-0.3, -0.25) is 9.69 Å². The number of hydrogen-bond acceptors (Lipinski definition) is 4. The van der Waals surface area contributed by atoms with Gasteiger partial charge in [-0.1, -0.05) is 22.0 Å². The molecule has 27 heavy (non-hydrogen) atoms. The molecule has 1 aromatic rings. The average Bonchev–Trinajstić information content (AvgIpc) is 2.67. The summed E-state index contributed by atoms with van der Waals surface area (Å²) in [6, 6.07) is 5.81. The minimum atomic E-state index is -0.137. The number of amides is 1. The Morgan fingerprint density at radius 3 is 2.81 bits per heavy atom. The van der Waals surface area contributed by atoms with E-state index in [9.17, 15) is 4.79 Å². The van der Waals surface area contributed by atoms with Gasteiger partial charge >= 0.3 is 0 Å². The van der Waals surface area contributed by atoms with E-state index in [1.165, 1.54) is 0 Å². The summed E-state index contributed by atoms with van der Waals surface area (Å²) in [5, 5.41) is 9.38. The van der Waals surface area contributed by atoms with Crippen molar-refractivity contribution in [1.29, 1.82) is 0 Å². The van der Waals surface area contributed by atoms with Gasteiger partial charge in [-0.2, -0.15) is 0 Å². The quantitative estimate of drug-likeness (QED) is 0.327. The van der Waals surface area contributed by atoms with E-state index in [-0.39, 0.29) is 12.5 Å². The monoisotopic (exact) mass is 439 g/mol. The number of carbonyl (C=O) groups is 1. The second kappa shape index (κ2) is 11.9. The summed E-state index contributed by atoms with van der Waals surface area (Å²) in [4.78, 5) is 19.0. The predicted molar refractivity (Wildman–Crippen MR) is 113 cm³/mol. The maximum Gasteiger partial charge on any atom is 0.246 e. The zero-order chi connectivity index (χ0) is 19.5. The van der Waals surface area contributed by atoms with E-state index in [0.717, 1.165) is 68.1 Å². The molecule has 2 rings (SSSR count). The van der Waals surface area contributed by atoms with Crippen molar-refractivity contribution in [3.8, 4) is 0 Å². The number of aliphatic imine (C=N–C) groups is 1. The van der Waals surface area contributed by atoms with Crippen LogP contribution >= 0.6 is 15.9 Å². The van der Waals surface area contributed by atoms with E-state index in [1.807, 2.05) is 32.0 Å². The van der Waals surface area contributed by atoms with E-state index in [2.05, 4.69) is 41.8 Å². The molecule has 1 heterocycles. The summed E-state index contributed by atoms with van der Waals surface area (Å²) in [7, 11) is 0. The number of carbonyl (C=O) groups excluding carboxylic acids is 1. The number of ether oxygens (including phenoxy) is 1. The van der Waals surface area contributed by atoms with Crippen molar-refractivity contribution < 1.29 is 9.53 Å². The van der Waals surface area contributed by atoms with Gasteiger partial charge in [0.15, 0.2) is 5.96 Å². The molecule has 1 aliphatic heterocycles. The van der Waals surface area contributed by atoms with Crippen LogP contribution in [0.5, 0.6) is 0 Å². The van der Waals surface area contributed by atoms with E-state index in [4.69, 9.17) is 4.74 Å². The molecular weight excluding hydrogens is 410 g/mol. The number of nitrogens with one attached hydrogen (secondary N) is 3. The van der Waals surface area contributed by atoms with Crippen LogP contribution in [0.4, 0.5) is 5.69 Å². The Hall–Kier alpha value is -1.64. The molecule has 0 saturated carbocycles. The molecule has 0 aliphatic carbocycles. The number of aryl methyl sites for hydroxylation is 1. The third-order valence-corrected chi connectivity index (χ3v) is 4.74. The number of anilines is 1. The van der Waals surface area contributed by atoms with E-state index >= 15 is 0 Å². The first-order valence-electron chi connectivity index (χ1n) is 9.46. The summed E-state index contributed by atoms with van der Waals surface area (Å²) in [5.41, 5.74) is 1.82. The van der Waals surface area contributed by atoms with Crippen LogP contribution in [-0.4, -0.2) is 69.2 Å².